The van der Waals surface area contributed by atoms with E-state index >= 15 is 0 Å². The quantitative estimate of drug-likeness (QED) is 0.614. The molecule has 1 unspecified atom stereocenters. The van der Waals surface area contributed by atoms with Crippen molar-refractivity contribution in [3.63, 3.8) is 0 Å². The standard InChI is InChI=1S/C19H24ClN3O4S/c20-14-5-3-12(4-6-14)13(9-21-18(25)15-10-28-11-22-15)8-17(24)23-7-1-2-16(23)19(26)27/h3-6,13,15-16,22H,1-2,7-11H2,(H,21,25)(H,26,27)/t13?,15-,16-/m0/s1. The summed E-state index contributed by atoms with van der Waals surface area (Å²) < 4.78 is 0. The Bertz CT molecular complexity index is 724. The smallest absolute Gasteiger partial charge is 0.326 e. The maximum atomic E-state index is 12.8. The molecular formula is C19H24ClN3O4S. The first-order chi connectivity index (χ1) is 13.5. The molecule has 3 rings (SSSR count). The number of carboxylic acids is 1. The minimum Gasteiger partial charge on any atom is -0.480 e. The molecular weight excluding hydrogens is 402 g/mol. The van der Waals surface area contributed by atoms with Crippen LogP contribution < -0.4 is 10.6 Å². The molecule has 28 heavy (non-hydrogen) atoms. The number of benzene rings is 1. The van der Waals surface area contributed by atoms with Gasteiger partial charge in [0.1, 0.15) is 6.04 Å². The van der Waals surface area contributed by atoms with Crippen LogP contribution in [-0.4, -0.2) is 64.6 Å². The van der Waals surface area contributed by atoms with E-state index in [4.69, 9.17) is 11.6 Å². The number of aliphatic carboxylic acids is 1. The molecule has 9 heteroatoms. The van der Waals surface area contributed by atoms with Crippen LogP contribution in [0.5, 0.6) is 0 Å². The summed E-state index contributed by atoms with van der Waals surface area (Å²) in [5.74, 6) is -0.0212. The van der Waals surface area contributed by atoms with Crippen LogP contribution in [0.3, 0.4) is 0 Å². The predicted octanol–water partition coefficient (Wildman–Crippen LogP) is 1.67. The van der Waals surface area contributed by atoms with Gasteiger partial charge < -0.3 is 15.3 Å². The number of halogens is 1. The number of nitrogens with zero attached hydrogens (tertiary/aromatic N) is 1. The van der Waals surface area contributed by atoms with Crippen molar-refractivity contribution in [3.8, 4) is 0 Å². The first-order valence-corrected chi connectivity index (χ1v) is 10.9. The highest BCUT2D eigenvalue weighted by atomic mass is 35.5. The zero-order chi connectivity index (χ0) is 20.1. The maximum Gasteiger partial charge on any atom is 0.326 e. The highest BCUT2D eigenvalue weighted by molar-refractivity contribution is 7.99. The average molecular weight is 426 g/mol. The Morgan fingerprint density at radius 2 is 2.07 bits per heavy atom. The molecule has 2 amide bonds. The molecule has 0 saturated carbocycles. The molecule has 0 spiro atoms. The number of carbonyl (C=O) groups excluding carboxylic acids is 2. The molecule has 1 aromatic carbocycles. The zero-order valence-electron chi connectivity index (χ0n) is 15.4. The summed E-state index contributed by atoms with van der Waals surface area (Å²) in [6.45, 7) is 0.763. The van der Waals surface area contributed by atoms with Crippen molar-refractivity contribution in [3.05, 3.63) is 34.9 Å². The van der Waals surface area contributed by atoms with E-state index in [-0.39, 0.29) is 30.2 Å². The van der Waals surface area contributed by atoms with Gasteiger partial charge in [0.2, 0.25) is 11.8 Å². The van der Waals surface area contributed by atoms with Crippen LogP contribution in [0.2, 0.25) is 5.02 Å². The summed E-state index contributed by atoms with van der Waals surface area (Å²) in [4.78, 5) is 38.0. The second kappa shape index (κ2) is 9.62. The van der Waals surface area contributed by atoms with Crippen LogP contribution in [0.15, 0.2) is 24.3 Å². The Hall–Kier alpha value is -1.77. The van der Waals surface area contributed by atoms with E-state index in [0.717, 1.165) is 17.2 Å². The van der Waals surface area contributed by atoms with Gasteiger partial charge in [-0.2, -0.15) is 0 Å². The molecule has 2 aliphatic rings. The molecule has 7 nitrogen and oxygen atoms in total. The van der Waals surface area contributed by atoms with Gasteiger partial charge in [-0.3, -0.25) is 14.9 Å². The van der Waals surface area contributed by atoms with Crippen molar-refractivity contribution in [1.82, 2.24) is 15.5 Å². The number of nitrogens with one attached hydrogen (secondary N) is 2. The van der Waals surface area contributed by atoms with Crippen LogP contribution in [0.25, 0.3) is 0 Å². The van der Waals surface area contributed by atoms with Crippen molar-refractivity contribution in [1.29, 1.82) is 0 Å². The number of hydrogen-bond acceptors (Lipinski definition) is 5. The molecule has 2 saturated heterocycles. The highest BCUT2D eigenvalue weighted by Crippen LogP contribution is 2.25. The molecule has 2 heterocycles. The van der Waals surface area contributed by atoms with E-state index in [0.29, 0.717) is 31.0 Å². The van der Waals surface area contributed by atoms with Gasteiger partial charge >= 0.3 is 5.97 Å². The average Bonchev–Trinajstić information content (AvgIpc) is 3.37. The van der Waals surface area contributed by atoms with E-state index < -0.39 is 12.0 Å². The van der Waals surface area contributed by atoms with Crippen LogP contribution in [-0.2, 0) is 14.4 Å². The Morgan fingerprint density at radius 1 is 1.32 bits per heavy atom. The van der Waals surface area contributed by atoms with Crippen LogP contribution in [0.1, 0.15) is 30.7 Å². The fraction of sp³-hybridized carbons (Fsp3) is 0.526. The molecule has 1 aromatic rings. The van der Waals surface area contributed by atoms with Crippen LogP contribution >= 0.6 is 23.4 Å². The Morgan fingerprint density at radius 3 is 2.71 bits per heavy atom. The van der Waals surface area contributed by atoms with E-state index in [9.17, 15) is 19.5 Å². The van der Waals surface area contributed by atoms with E-state index in [2.05, 4.69) is 10.6 Å². The lowest BCUT2D eigenvalue weighted by Crippen LogP contribution is -2.44. The van der Waals surface area contributed by atoms with Gasteiger partial charge in [-0.25, -0.2) is 4.79 Å². The Balaban J connectivity index is 1.68. The van der Waals surface area contributed by atoms with Crippen LogP contribution in [0.4, 0.5) is 0 Å². The number of hydrogen-bond donors (Lipinski definition) is 3. The highest BCUT2D eigenvalue weighted by Gasteiger charge is 2.35. The van der Waals surface area contributed by atoms with Gasteiger partial charge in [0, 0.05) is 42.1 Å². The lowest BCUT2D eigenvalue weighted by molar-refractivity contribution is -0.148. The minimum absolute atomic E-state index is 0.0824. The summed E-state index contributed by atoms with van der Waals surface area (Å²) >= 11 is 7.64. The Kier molecular flexibility index (Phi) is 7.20. The summed E-state index contributed by atoms with van der Waals surface area (Å²) in [6.07, 6.45) is 1.31. The van der Waals surface area contributed by atoms with Crippen LogP contribution in [0, 0.1) is 0 Å². The largest absolute Gasteiger partial charge is 0.480 e. The molecule has 2 fully saturated rings. The number of amides is 2. The van der Waals surface area contributed by atoms with Crippen molar-refractivity contribution < 1.29 is 19.5 Å². The maximum absolute atomic E-state index is 12.8. The summed E-state index contributed by atoms with van der Waals surface area (Å²) in [6, 6.07) is 6.21. The third-order valence-corrected chi connectivity index (χ3v) is 6.37. The summed E-state index contributed by atoms with van der Waals surface area (Å²) in [5, 5.41) is 16.0. The third-order valence-electron chi connectivity index (χ3n) is 5.18. The first kappa shape index (κ1) is 21.0. The molecule has 0 aromatic heterocycles. The van der Waals surface area contributed by atoms with Gasteiger partial charge in [-0.05, 0) is 30.5 Å². The first-order valence-electron chi connectivity index (χ1n) is 9.32. The molecule has 0 aliphatic carbocycles. The van der Waals surface area contributed by atoms with Gasteiger partial charge in [0.05, 0.1) is 6.04 Å². The third kappa shape index (κ3) is 5.18. The fourth-order valence-electron chi connectivity index (χ4n) is 3.60. The SMILES string of the molecule is O=C(NCC(CC(=O)N1CCC[C@H]1C(=O)O)c1ccc(Cl)cc1)[C@@H]1CSCN1. The monoisotopic (exact) mass is 425 g/mol. The fourth-order valence-corrected chi connectivity index (χ4v) is 4.67. The van der Waals surface area contributed by atoms with E-state index in [1.807, 2.05) is 12.1 Å². The van der Waals surface area contributed by atoms with Gasteiger partial charge in [-0.1, -0.05) is 23.7 Å². The van der Waals surface area contributed by atoms with E-state index in [1.54, 1.807) is 23.9 Å². The summed E-state index contributed by atoms with van der Waals surface area (Å²) in [5.41, 5.74) is 0.887. The minimum atomic E-state index is -0.966. The predicted molar refractivity (Wildman–Crippen MR) is 108 cm³/mol. The molecule has 0 bridgehead atoms. The molecule has 3 atom stereocenters. The number of carbonyl (C=O) groups is 3. The number of carboxylic acid groups (broad SMARTS) is 1. The number of likely N-dealkylation sites (tertiary alicyclic amines) is 1. The topological polar surface area (TPSA) is 98.7 Å². The van der Waals surface area contributed by atoms with Crippen molar-refractivity contribution in [2.75, 3.05) is 24.7 Å². The molecule has 152 valence electrons. The van der Waals surface area contributed by atoms with Crippen molar-refractivity contribution in [2.45, 2.75) is 37.3 Å². The second-order valence-corrected chi connectivity index (χ2v) is 8.52. The van der Waals surface area contributed by atoms with Crippen molar-refractivity contribution in [2.24, 2.45) is 0 Å². The van der Waals surface area contributed by atoms with Gasteiger partial charge in [0.15, 0.2) is 0 Å². The lowest BCUT2D eigenvalue weighted by Gasteiger charge is -2.25. The summed E-state index contributed by atoms with van der Waals surface area (Å²) in [7, 11) is 0. The van der Waals surface area contributed by atoms with Gasteiger partial charge in [-0.15, -0.1) is 11.8 Å². The second-order valence-electron chi connectivity index (χ2n) is 7.05. The molecule has 3 N–H and O–H groups in total. The zero-order valence-corrected chi connectivity index (χ0v) is 17.0. The molecule has 2 aliphatic heterocycles. The van der Waals surface area contributed by atoms with Gasteiger partial charge in [0.25, 0.3) is 0 Å². The number of thioether (sulfide) groups is 1. The number of rotatable bonds is 7. The lowest BCUT2D eigenvalue weighted by atomic mass is 9.94. The molecule has 0 radical (unpaired) electrons. The van der Waals surface area contributed by atoms with E-state index in [1.165, 1.54) is 4.90 Å². The Labute approximate surface area is 173 Å². The normalized spacial score (nSPS) is 22.8. The van der Waals surface area contributed by atoms with Crippen molar-refractivity contribution >= 4 is 41.1 Å².